The van der Waals surface area contributed by atoms with E-state index in [1.54, 1.807) is 24.5 Å². The number of amides is 1. The molecule has 4 rings (SSSR count). The Kier molecular flexibility index (Phi) is 6.95. The summed E-state index contributed by atoms with van der Waals surface area (Å²) in [6, 6.07) is 15.2. The maximum atomic E-state index is 13.1. The molecule has 0 bridgehead atoms. The third-order valence-electron chi connectivity index (χ3n) is 5.41. The van der Waals surface area contributed by atoms with E-state index in [0.29, 0.717) is 34.0 Å². The zero-order valence-corrected chi connectivity index (χ0v) is 19.7. The summed E-state index contributed by atoms with van der Waals surface area (Å²) >= 11 is 6.13. The Labute approximate surface area is 203 Å². The van der Waals surface area contributed by atoms with E-state index < -0.39 is 5.97 Å². The van der Waals surface area contributed by atoms with E-state index in [4.69, 9.17) is 16.7 Å². The number of rotatable bonds is 8. The number of halogens is 1. The van der Waals surface area contributed by atoms with Crippen molar-refractivity contribution in [2.75, 3.05) is 24.7 Å². The Morgan fingerprint density at radius 1 is 1.09 bits per heavy atom. The van der Waals surface area contributed by atoms with Gasteiger partial charge < -0.3 is 20.6 Å². The van der Waals surface area contributed by atoms with Crippen molar-refractivity contribution in [1.82, 2.24) is 9.88 Å². The Morgan fingerprint density at radius 2 is 1.85 bits per heavy atom. The van der Waals surface area contributed by atoms with Gasteiger partial charge in [-0.05, 0) is 62.0 Å². The molecule has 1 aliphatic heterocycles. The molecular formula is C26H25ClN4O3. The molecule has 0 radical (unpaired) electrons. The van der Waals surface area contributed by atoms with Crippen molar-refractivity contribution in [2.24, 2.45) is 0 Å². The molecule has 7 nitrogen and oxygen atoms in total. The lowest BCUT2D eigenvalue weighted by molar-refractivity contribution is -0.137. The molecule has 1 amide bonds. The van der Waals surface area contributed by atoms with Crippen LogP contribution in [0, 0.1) is 0 Å². The van der Waals surface area contributed by atoms with Crippen molar-refractivity contribution < 1.29 is 14.7 Å². The van der Waals surface area contributed by atoms with Gasteiger partial charge in [0.05, 0.1) is 17.0 Å². The molecule has 0 atom stereocenters. The average molecular weight is 477 g/mol. The van der Waals surface area contributed by atoms with Gasteiger partial charge in [0.2, 0.25) is 0 Å². The summed E-state index contributed by atoms with van der Waals surface area (Å²) in [6.45, 7) is 0.820. The number of benzene rings is 2. The highest BCUT2D eigenvalue weighted by molar-refractivity contribution is 6.38. The van der Waals surface area contributed by atoms with Gasteiger partial charge in [0.15, 0.2) is 0 Å². The third kappa shape index (κ3) is 5.44. The number of carbonyl (C=O) groups is 2. The number of fused-ring (bicyclic) bond motifs is 1. The highest BCUT2D eigenvalue weighted by Gasteiger charge is 2.29. The number of nitrogens with one attached hydrogen (secondary N) is 2. The lowest BCUT2D eigenvalue weighted by Crippen LogP contribution is -2.11. The summed E-state index contributed by atoms with van der Waals surface area (Å²) in [6.07, 6.45) is 3.66. The fourth-order valence-corrected chi connectivity index (χ4v) is 4.06. The Balaban J connectivity index is 1.78. The Hall–Kier alpha value is -3.68. The van der Waals surface area contributed by atoms with Crippen molar-refractivity contribution in [1.29, 1.82) is 0 Å². The monoisotopic (exact) mass is 476 g/mol. The SMILES string of the molecule is CN(C)Cc1ccc(N/C(=C2\C(=O)Nc3cc(Cl)ccc32)c2cncc(CCC(=O)O)c2)cc1. The van der Waals surface area contributed by atoms with Crippen LogP contribution in [0.1, 0.15) is 28.7 Å². The number of hydrogen-bond donors (Lipinski definition) is 3. The van der Waals surface area contributed by atoms with Crippen LogP contribution < -0.4 is 10.6 Å². The van der Waals surface area contributed by atoms with E-state index in [-0.39, 0.29) is 12.3 Å². The zero-order chi connectivity index (χ0) is 24.2. The van der Waals surface area contributed by atoms with Gasteiger partial charge in [-0.3, -0.25) is 14.6 Å². The number of aliphatic carboxylic acids is 1. The fraction of sp³-hybridized carbons (Fsp3) is 0.192. The Bertz CT molecular complexity index is 1270. The molecule has 0 aliphatic carbocycles. The van der Waals surface area contributed by atoms with E-state index in [1.165, 1.54) is 5.56 Å². The van der Waals surface area contributed by atoms with Gasteiger partial charge in [-0.1, -0.05) is 29.8 Å². The summed E-state index contributed by atoms with van der Waals surface area (Å²) in [5.74, 6) is -1.12. The molecule has 34 heavy (non-hydrogen) atoms. The van der Waals surface area contributed by atoms with E-state index in [1.807, 2.05) is 50.5 Å². The molecule has 0 saturated heterocycles. The number of aromatic nitrogens is 1. The number of aryl methyl sites for hydroxylation is 1. The van der Waals surface area contributed by atoms with Crippen molar-refractivity contribution in [3.05, 3.63) is 88.2 Å². The number of carboxylic acid groups (broad SMARTS) is 1. The minimum absolute atomic E-state index is 0.000375. The van der Waals surface area contributed by atoms with Gasteiger partial charge in [0.25, 0.3) is 5.91 Å². The number of anilines is 2. The first-order valence-electron chi connectivity index (χ1n) is 10.8. The second-order valence-electron chi connectivity index (χ2n) is 8.43. The number of pyridine rings is 1. The highest BCUT2D eigenvalue weighted by atomic mass is 35.5. The standard InChI is InChI=1S/C26H25ClN4O3/c1-31(2)15-16-3-7-20(8-4-16)29-25(18-11-17(13-28-14-18)5-10-23(32)33)24-21-9-6-19(27)12-22(21)30-26(24)34/h3-4,6-9,11-14,29H,5,10,15H2,1-2H3,(H,30,34)(H,32,33)/b25-24-. The fourth-order valence-electron chi connectivity index (χ4n) is 3.89. The minimum atomic E-state index is -0.874. The van der Waals surface area contributed by atoms with Crippen LogP contribution in [0.2, 0.25) is 5.02 Å². The summed E-state index contributed by atoms with van der Waals surface area (Å²) < 4.78 is 0. The van der Waals surface area contributed by atoms with Crippen LogP contribution in [-0.4, -0.2) is 41.0 Å². The summed E-state index contributed by atoms with van der Waals surface area (Å²) in [7, 11) is 4.03. The van der Waals surface area contributed by atoms with Crippen LogP contribution in [0.25, 0.3) is 11.3 Å². The van der Waals surface area contributed by atoms with Gasteiger partial charge in [0.1, 0.15) is 0 Å². The van der Waals surface area contributed by atoms with Crippen LogP contribution in [-0.2, 0) is 22.6 Å². The van der Waals surface area contributed by atoms with Gasteiger partial charge >= 0.3 is 5.97 Å². The number of nitrogens with zero attached hydrogens (tertiary/aromatic N) is 2. The molecule has 174 valence electrons. The molecule has 1 aromatic heterocycles. The molecule has 0 fully saturated rings. The second-order valence-corrected chi connectivity index (χ2v) is 8.87. The summed E-state index contributed by atoms with van der Waals surface area (Å²) in [5, 5.41) is 15.9. The van der Waals surface area contributed by atoms with Crippen molar-refractivity contribution in [2.45, 2.75) is 19.4 Å². The molecule has 0 spiro atoms. The van der Waals surface area contributed by atoms with Crippen molar-refractivity contribution in [3.63, 3.8) is 0 Å². The Morgan fingerprint density at radius 3 is 2.56 bits per heavy atom. The van der Waals surface area contributed by atoms with Crippen LogP contribution >= 0.6 is 11.6 Å². The van der Waals surface area contributed by atoms with Crippen LogP contribution in [0.5, 0.6) is 0 Å². The molecule has 3 N–H and O–H groups in total. The van der Waals surface area contributed by atoms with E-state index >= 15 is 0 Å². The normalized spacial score (nSPS) is 14.1. The predicted molar refractivity (Wildman–Crippen MR) is 135 cm³/mol. The minimum Gasteiger partial charge on any atom is -0.481 e. The van der Waals surface area contributed by atoms with Gasteiger partial charge in [-0.25, -0.2) is 0 Å². The molecule has 0 saturated carbocycles. The highest BCUT2D eigenvalue weighted by Crippen LogP contribution is 2.38. The molecular weight excluding hydrogens is 452 g/mol. The lowest BCUT2D eigenvalue weighted by atomic mass is 9.99. The first kappa shape index (κ1) is 23.5. The zero-order valence-electron chi connectivity index (χ0n) is 18.9. The molecule has 2 heterocycles. The maximum absolute atomic E-state index is 13.1. The molecule has 8 heteroatoms. The molecule has 2 aromatic carbocycles. The smallest absolute Gasteiger partial charge is 0.303 e. The average Bonchev–Trinajstić information content (AvgIpc) is 3.11. The molecule has 3 aromatic rings. The van der Waals surface area contributed by atoms with Crippen LogP contribution in [0.15, 0.2) is 60.9 Å². The summed E-state index contributed by atoms with van der Waals surface area (Å²) in [4.78, 5) is 30.5. The van der Waals surface area contributed by atoms with E-state index in [2.05, 4.69) is 20.5 Å². The van der Waals surface area contributed by atoms with Crippen molar-refractivity contribution in [3.8, 4) is 0 Å². The van der Waals surface area contributed by atoms with Crippen LogP contribution in [0.4, 0.5) is 11.4 Å². The second kappa shape index (κ2) is 10.1. The predicted octanol–water partition coefficient (Wildman–Crippen LogP) is 4.75. The number of hydrogen-bond acceptors (Lipinski definition) is 5. The quantitative estimate of drug-likeness (QED) is 0.406. The number of carboxylic acids is 1. The molecule has 0 unspecified atom stereocenters. The topological polar surface area (TPSA) is 94.6 Å². The lowest BCUT2D eigenvalue weighted by Gasteiger charge is -2.16. The van der Waals surface area contributed by atoms with Gasteiger partial charge in [0, 0.05) is 47.2 Å². The third-order valence-corrected chi connectivity index (χ3v) is 5.64. The number of carbonyl (C=O) groups excluding carboxylic acids is 1. The maximum Gasteiger partial charge on any atom is 0.303 e. The van der Waals surface area contributed by atoms with E-state index in [0.717, 1.165) is 23.4 Å². The van der Waals surface area contributed by atoms with Crippen molar-refractivity contribution >= 4 is 46.1 Å². The first-order chi connectivity index (χ1) is 16.3. The largest absolute Gasteiger partial charge is 0.481 e. The van der Waals surface area contributed by atoms with Gasteiger partial charge in [-0.2, -0.15) is 0 Å². The van der Waals surface area contributed by atoms with E-state index in [9.17, 15) is 9.59 Å². The first-order valence-corrected chi connectivity index (χ1v) is 11.2. The van der Waals surface area contributed by atoms with Gasteiger partial charge in [-0.15, -0.1) is 0 Å². The molecule has 1 aliphatic rings. The van der Waals surface area contributed by atoms with Crippen LogP contribution in [0.3, 0.4) is 0 Å². The summed E-state index contributed by atoms with van der Waals surface area (Å²) in [5.41, 5.74) is 5.88.